The Kier molecular flexibility index (Phi) is 2.73. The maximum Gasteiger partial charge on any atom is 0.328 e. The monoisotopic (exact) mass is 218 g/mol. The number of rotatable bonds is 2. The summed E-state index contributed by atoms with van der Waals surface area (Å²) in [5.74, 6) is -2.05. The molecular formula is C8H8ClFN2O2. The summed E-state index contributed by atoms with van der Waals surface area (Å²) in [5.41, 5.74) is 3.84. The second kappa shape index (κ2) is 3.51. The van der Waals surface area contributed by atoms with Gasteiger partial charge in [0.2, 0.25) is 0 Å². The molecule has 6 heteroatoms. The van der Waals surface area contributed by atoms with E-state index in [0.29, 0.717) is 0 Å². The molecular weight excluding hydrogens is 211 g/mol. The number of pyridine rings is 1. The van der Waals surface area contributed by atoms with Gasteiger partial charge in [-0.05, 0) is 13.0 Å². The summed E-state index contributed by atoms with van der Waals surface area (Å²) >= 11 is 5.34. The summed E-state index contributed by atoms with van der Waals surface area (Å²) in [5, 5.41) is 8.44. The molecule has 0 aliphatic heterocycles. The molecule has 0 aliphatic carbocycles. The minimum atomic E-state index is -1.67. The van der Waals surface area contributed by atoms with E-state index in [-0.39, 0.29) is 10.7 Å². The fraction of sp³-hybridized carbons (Fsp3) is 0.250. The van der Waals surface area contributed by atoms with Crippen LogP contribution in [0.15, 0.2) is 12.3 Å². The van der Waals surface area contributed by atoms with E-state index >= 15 is 0 Å². The highest BCUT2D eigenvalue weighted by Crippen LogP contribution is 2.20. The third-order valence-corrected chi connectivity index (χ3v) is 2.12. The predicted molar refractivity (Wildman–Crippen MR) is 48.4 cm³/mol. The van der Waals surface area contributed by atoms with Gasteiger partial charge in [0.25, 0.3) is 0 Å². The normalized spacial score (nSPS) is 14.9. The lowest BCUT2D eigenvalue weighted by molar-refractivity contribution is -0.143. The number of hydrogen-bond donors (Lipinski definition) is 2. The first kappa shape index (κ1) is 10.9. The van der Waals surface area contributed by atoms with Crippen molar-refractivity contribution in [3.05, 3.63) is 28.8 Å². The Bertz CT molecular complexity index is 382. The Labute approximate surface area is 84.5 Å². The first-order chi connectivity index (χ1) is 6.35. The minimum absolute atomic E-state index is 0.0619. The lowest BCUT2D eigenvalue weighted by Gasteiger charge is -2.18. The van der Waals surface area contributed by atoms with Crippen LogP contribution in [0.25, 0.3) is 0 Å². The molecule has 0 aromatic carbocycles. The fourth-order valence-corrected chi connectivity index (χ4v) is 0.932. The zero-order valence-electron chi connectivity index (χ0n) is 7.29. The van der Waals surface area contributed by atoms with Gasteiger partial charge in [-0.2, -0.15) is 0 Å². The topological polar surface area (TPSA) is 76.2 Å². The molecule has 76 valence electrons. The Morgan fingerprint density at radius 2 is 2.36 bits per heavy atom. The maximum absolute atomic E-state index is 12.9. The van der Waals surface area contributed by atoms with Gasteiger partial charge in [0.1, 0.15) is 5.54 Å². The van der Waals surface area contributed by atoms with Gasteiger partial charge in [0, 0.05) is 11.8 Å². The van der Waals surface area contributed by atoms with E-state index in [1.165, 1.54) is 6.92 Å². The van der Waals surface area contributed by atoms with Crippen molar-refractivity contribution >= 4 is 17.6 Å². The van der Waals surface area contributed by atoms with Crippen LogP contribution in [0, 0.1) is 5.82 Å². The quantitative estimate of drug-likeness (QED) is 0.730. The highest BCUT2D eigenvalue weighted by Gasteiger charge is 2.31. The van der Waals surface area contributed by atoms with Crippen LogP contribution in [0.4, 0.5) is 4.39 Å². The van der Waals surface area contributed by atoms with Gasteiger partial charge in [-0.15, -0.1) is 0 Å². The van der Waals surface area contributed by atoms with Crippen molar-refractivity contribution in [2.45, 2.75) is 12.5 Å². The average molecular weight is 219 g/mol. The van der Waals surface area contributed by atoms with Crippen LogP contribution >= 0.6 is 11.6 Å². The van der Waals surface area contributed by atoms with Crippen LogP contribution in [-0.4, -0.2) is 16.1 Å². The van der Waals surface area contributed by atoms with Gasteiger partial charge < -0.3 is 10.8 Å². The molecule has 0 amide bonds. The van der Waals surface area contributed by atoms with Crippen LogP contribution in [0.3, 0.4) is 0 Å². The van der Waals surface area contributed by atoms with Gasteiger partial charge in [-0.3, -0.25) is 0 Å². The van der Waals surface area contributed by atoms with Crippen molar-refractivity contribution in [3.63, 3.8) is 0 Å². The van der Waals surface area contributed by atoms with Crippen molar-refractivity contribution in [2.24, 2.45) is 5.73 Å². The van der Waals surface area contributed by atoms with Crippen molar-refractivity contribution in [2.75, 3.05) is 0 Å². The van der Waals surface area contributed by atoms with Gasteiger partial charge in [-0.1, -0.05) is 11.6 Å². The molecule has 1 aromatic heterocycles. The Morgan fingerprint density at radius 3 is 2.79 bits per heavy atom. The number of aliphatic carboxylic acids is 1. The summed E-state index contributed by atoms with van der Waals surface area (Å²) < 4.78 is 12.9. The largest absolute Gasteiger partial charge is 0.480 e. The van der Waals surface area contributed by atoms with Crippen LogP contribution in [0.2, 0.25) is 5.15 Å². The van der Waals surface area contributed by atoms with E-state index in [2.05, 4.69) is 4.98 Å². The Morgan fingerprint density at radius 1 is 1.79 bits per heavy atom. The van der Waals surface area contributed by atoms with Crippen molar-refractivity contribution in [1.29, 1.82) is 0 Å². The second-order valence-corrected chi connectivity index (χ2v) is 3.36. The lowest BCUT2D eigenvalue weighted by Crippen LogP contribution is -2.41. The SMILES string of the molecule is C[C@](N)(C(=O)O)c1cnc(Cl)c(F)c1. The molecule has 1 heterocycles. The summed E-state index contributed by atoms with van der Waals surface area (Å²) in [6.07, 6.45) is 1.14. The summed E-state index contributed by atoms with van der Waals surface area (Å²) in [6.45, 7) is 1.25. The van der Waals surface area contributed by atoms with Gasteiger partial charge in [-0.25, -0.2) is 14.2 Å². The van der Waals surface area contributed by atoms with E-state index in [0.717, 1.165) is 12.3 Å². The lowest BCUT2D eigenvalue weighted by atomic mass is 9.95. The fourth-order valence-electron chi connectivity index (χ4n) is 0.829. The van der Waals surface area contributed by atoms with Gasteiger partial charge in [0.05, 0.1) is 0 Å². The van der Waals surface area contributed by atoms with Crippen molar-refractivity contribution in [1.82, 2.24) is 4.98 Å². The molecule has 0 radical (unpaired) electrons. The highest BCUT2D eigenvalue weighted by molar-refractivity contribution is 6.29. The van der Waals surface area contributed by atoms with E-state index in [1.54, 1.807) is 0 Å². The molecule has 1 rings (SSSR count). The average Bonchev–Trinajstić information content (AvgIpc) is 2.09. The van der Waals surface area contributed by atoms with Crippen LogP contribution in [0.1, 0.15) is 12.5 Å². The molecule has 4 nitrogen and oxygen atoms in total. The third-order valence-electron chi connectivity index (χ3n) is 1.84. The maximum atomic E-state index is 12.9. The van der Waals surface area contributed by atoms with E-state index in [9.17, 15) is 9.18 Å². The van der Waals surface area contributed by atoms with Crippen LogP contribution in [0.5, 0.6) is 0 Å². The minimum Gasteiger partial charge on any atom is -0.480 e. The van der Waals surface area contributed by atoms with E-state index in [4.69, 9.17) is 22.4 Å². The zero-order valence-corrected chi connectivity index (χ0v) is 8.05. The molecule has 0 saturated heterocycles. The molecule has 0 aliphatic rings. The number of carbonyl (C=O) groups is 1. The summed E-state index contributed by atoms with van der Waals surface area (Å²) in [7, 11) is 0. The molecule has 0 unspecified atom stereocenters. The number of aromatic nitrogens is 1. The van der Waals surface area contributed by atoms with Crippen molar-refractivity contribution in [3.8, 4) is 0 Å². The highest BCUT2D eigenvalue weighted by atomic mass is 35.5. The van der Waals surface area contributed by atoms with Gasteiger partial charge in [0.15, 0.2) is 11.0 Å². The van der Waals surface area contributed by atoms with Crippen molar-refractivity contribution < 1.29 is 14.3 Å². The predicted octanol–water partition coefficient (Wildman–Crippen LogP) is 1.13. The molecule has 1 aromatic rings. The van der Waals surface area contributed by atoms with E-state index in [1.807, 2.05) is 0 Å². The molecule has 0 saturated carbocycles. The number of nitrogens with two attached hydrogens (primary N) is 1. The van der Waals surface area contributed by atoms with Gasteiger partial charge >= 0.3 is 5.97 Å². The second-order valence-electron chi connectivity index (χ2n) is 3.00. The standard InChI is InChI=1S/C8H8ClFN2O2/c1-8(11,7(13)14)4-2-5(10)6(9)12-3-4/h2-3H,11H2,1H3,(H,13,14)/t8-/m1/s1. The first-order valence-corrected chi connectivity index (χ1v) is 4.07. The Hall–Kier alpha value is -1.20. The number of hydrogen-bond acceptors (Lipinski definition) is 3. The molecule has 0 fully saturated rings. The van der Waals surface area contributed by atoms with E-state index < -0.39 is 17.3 Å². The van der Waals surface area contributed by atoms with Crippen LogP contribution < -0.4 is 5.73 Å². The number of carboxylic acid groups (broad SMARTS) is 1. The zero-order chi connectivity index (χ0) is 10.9. The number of halogens is 2. The first-order valence-electron chi connectivity index (χ1n) is 3.69. The molecule has 0 spiro atoms. The summed E-state index contributed by atoms with van der Waals surface area (Å²) in [4.78, 5) is 14.2. The van der Waals surface area contributed by atoms with Crippen LogP contribution in [-0.2, 0) is 10.3 Å². The number of nitrogens with zero attached hydrogens (tertiary/aromatic N) is 1. The molecule has 0 bridgehead atoms. The summed E-state index contributed by atoms with van der Waals surface area (Å²) in [6, 6.07) is 0.962. The smallest absolute Gasteiger partial charge is 0.328 e. The number of carboxylic acids is 1. The third kappa shape index (κ3) is 1.83. The Balaban J connectivity index is 3.21. The molecule has 3 N–H and O–H groups in total. The molecule has 1 atom stereocenters. The molecule has 14 heavy (non-hydrogen) atoms.